The summed E-state index contributed by atoms with van der Waals surface area (Å²) >= 11 is 1.79. The van der Waals surface area contributed by atoms with E-state index < -0.39 is 0 Å². The number of nitrogens with one attached hydrogen (secondary N) is 1. The lowest BCUT2D eigenvalue weighted by Crippen LogP contribution is -2.45. The summed E-state index contributed by atoms with van der Waals surface area (Å²) in [6.07, 6.45) is 2.37. The van der Waals surface area contributed by atoms with E-state index in [0.717, 1.165) is 13.0 Å². The van der Waals surface area contributed by atoms with E-state index in [-0.39, 0.29) is 5.54 Å². The Morgan fingerprint density at radius 3 is 2.32 bits per heavy atom. The van der Waals surface area contributed by atoms with Crippen LogP contribution in [0.5, 0.6) is 0 Å². The second kappa shape index (κ2) is 6.36. The first-order chi connectivity index (χ1) is 8.64. The summed E-state index contributed by atoms with van der Waals surface area (Å²) in [5, 5.41) is 3.68. The van der Waals surface area contributed by atoms with Crippen molar-refractivity contribution in [3.8, 4) is 0 Å². The molecule has 0 aliphatic rings. The van der Waals surface area contributed by atoms with Crippen molar-refractivity contribution in [1.29, 1.82) is 0 Å². The van der Waals surface area contributed by atoms with Gasteiger partial charge in [-0.05, 0) is 51.9 Å². The van der Waals surface area contributed by atoms with Crippen LogP contribution in [0.1, 0.15) is 58.5 Å². The molecular formula is C16H30N2S. The maximum atomic E-state index is 4.35. The number of thiazole rings is 1. The van der Waals surface area contributed by atoms with Gasteiger partial charge >= 0.3 is 0 Å². The molecule has 0 aliphatic carbocycles. The third-order valence-corrected chi connectivity index (χ3v) is 5.18. The lowest BCUT2D eigenvalue weighted by molar-refractivity contribution is 0.174. The Balaban J connectivity index is 2.64. The third kappa shape index (κ3) is 5.23. The molecule has 0 saturated heterocycles. The summed E-state index contributed by atoms with van der Waals surface area (Å²) in [5.41, 5.74) is 3.70. The van der Waals surface area contributed by atoms with Gasteiger partial charge in [-0.1, -0.05) is 20.8 Å². The molecule has 0 aliphatic heterocycles. The zero-order valence-electron chi connectivity index (χ0n) is 13.6. The van der Waals surface area contributed by atoms with Crippen molar-refractivity contribution < 1.29 is 0 Å². The first kappa shape index (κ1) is 16.6. The molecule has 1 heterocycles. The predicted molar refractivity (Wildman–Crippen MR) is 85.9 cm³/mol. The van der Waals surface area contributed by atoms with Gasteiger partial charge in [0.2, 0.25) is 0 Å². The topological polar surface area (TPSA) is 24.9 Å². The molecule has 1 N–H and O–H groups in total. The monoisotopic (exact) mass is 282 g/mol. The Bertz CT molecular complexity index is 390. The highest BCUT2D eigenvalue weighted by Crippen LogP contribution is 2.33. The Morgan fingerprint density at radius 2 is 1.89 bits per heavy atom. The second-order valence-electron chi connectivity index (χ2n) is 7.27. The van der Waals surface area contributed by atoms with E-state index in [0.29, 0.717) is 11.3 Å². The van der Waals surface area contributed by atoms with Crippen LogP contribution < -0.4 is 5.32 Å². The van der Waals surface area contributed by atoms with Gasteiger partial charge in [-0.3, -0.25) is 0 Å². The second-order valence-corrected chi connectivity index (χ2v) is 8.21. The fourth-order valence-corrected chi connectivity index (χ4v) is 2.79. The van der Waals surface area contributed by atoms with E-state index >= 15 is 0 Å². The van der Waals surface area contributed by atoms with Crippen LogP contribution in [0, 0.1) is 18.3 Å². The molecule has 110 valence electrons. The predicted octanol–water partition coefficient (Wildman–Crippen LogP) is 4.43. The number of hydrogen-bond acceptors (Lipinski definition) is 3. The van der Waals surface area contributed by atoms with Crippen LogP contribution in [-0.4, -0.2) is 17.1 Å². The summed E-state index contributed by atoms with van der Waals surface area (Å²) < 4.78 is 0. The molecule has 1 unspecified atom stereocenters. The fraction of sp³-hybridized carbons (Fsp3) is 0.812. The van der Waals surface area contributed by atoms with Gasteiger partial charge in [0.1, 0.15) is 0 Å². The van der Waals surface area contributed by atoms with Crippen molar-refractivity contribution in [1.82, 2.24) is 10.3 Å². The number of aromatic nitrogens is 1. The van der Waals surface area contributed by atoms with Gasteiger partial charge in [0.25, 0.3) is 0 Å². The van der Waals surface area contributed by atoms with E-state index in [1.165, 1.54) is 17.0 Å². The average molecular weight is 282 g/mol. The highest BCUT2D eigenvalue weighted by Gasteiger charge is 2.29. The van der Waals surface area contributed by atoms with Crippen molar-refractivity contribution in [3.05, 3.63) is 16.1 Å². The van der Waals surface area contributed by atoms with Gasteiger partial charge in [-0.25, -0.2) is 4.98 Å². The molecule has 0 spiro atoms. The number of rotatable bonds is 6. The molecule has 1 atom stereocenters. The summed E-state index contributed by atoms with van der Waals surface area (Å²) in [6.45, 7) is 17.0. The highest BCUT2D eigenvalue weighted by atomic mass is 32.1. The Hall–Kier alpha value is -0.410. The van der Waals surface area contributed by atoms with Gasteiger partial charge in [0.05, 0.1) is 11.2 Å². The minimum atomic E-state index is 0.191. The molecule has 0 amide bonds. The molecule has 0 fully saturated rings. The Morgan fingerprint density at radius 1 is 1.26 bits per heavy atom. The van der Waals surface area contributed by atoms with Gasteiger partial charge in [0.15, 0.2) is 0 Å². The van der Waals surface area contributed by atoms with Crippen LogP contribution in [0.2, 0.25) is 0 Å². The average Bonchev–Trinajstić information content (AvgIpc) is 2.68. The molecule has 1 aromatic rings. The molecule has 2 nitrogen and oxygen atoms in total. The minimum absolute atomic E-state index is 0.191. The zero-order valence-corrected chi connectivity index (χ0v) is 14.4. The summed E-state index contributed by atoms with van der Waals surface area (Å²) in [5.74, 6) is 0.676. The number of nitrogens with zero attached hydrogens (tertiary/aromatic N) is 1. The van der Waals surface area contributed by atoms with Crippen LogP contribution in [0.4, 0.5) is 0 Å². The van der Waals surface area contributed by atoms with E-state index in [9.17, 15) is 0 Å². The molecule has 3 heteroatoms. The molecular weight excluding hydrogens is 252 g/mol. The number of aryl methyl sites for hydroxylation is 2. The smallest absolute Gasteiger partial charge is 0.0797 e. The first-order valence-corrected chi connectivity index (χ1v) is 8.16. The van der Waals surface area contributed by atoms with Crippen LogP contribution in [0.25, 0.3) is 0 Å². The molecule has 0 aromatic carbocycles. The van der Waals surface area contributed by atoms with Gasteiger partial charge in [-0.15, -0.1) is 11.3 Å². The Kier molecular flexibility index (Phi) is 5.57. The van der Waals surface area contributed by atoms with E-state index in [4.69, 9.17) is 0 Å². The highest BCUT2D eigenvalue weighted by molar-refractivity contribution is 7.09. The van der Waals surface area contributed by atoms with Crippen LogP contribution >= 0.6 is 11.3 Å². The minimum Gasteiger partial charge on any atom is -0.312 e. The van der Waals surface area contributed by atoms with Crippen LogP contribution in [-0.2, 0) is 6.42 Å². The van der Waals surface area contributed by atoms with Crippen molar-refractivity contribution >= 4 is 11.3 Å². The van der Waals surface area contributed by atoms with E-state index in [1.54, 1.807) is 11.3 Å². The van der Waals surface area contributed by atoms with Gasteiger partial charge in [0, 0.05) is 17.0 Å². The van der Waals surface area contributed by atoms with Crippen LogP contribution in [0.15, 0.2) is 5.51 Å². The lowest BCUT2D eigenvalue weighted by atomic mass is 9.75. The van der Waals surface area contributed by atoms with Crippen molar-refractivity contribution in [2.24, 2.45) is 11.3 Å². The van der Waals surface area contributed by atoms with E-state index in [1.807, 2.05) is 5.51 Å². The van der Waals surface area contributed by atoms with E-state index in [2.05, 4.69) is 58.8 Å². The Labute approximate surface area is 123 Å². The molecule has 1 aromatic heterocycles. The molecule has 19 heavy (non-hydrogen) atoms. The lowest BCUT2D eigenvalue weighted by Gasteiger charge is -2.37. The molecule has 1 rings (SSSR count). The summed E-state index contributed by atoms with van der Waals surface area (Å²) in [4.78, 5) is 5.80. The van der Waals surface area contributed by atoms with Crippen molar-refractivity contribution in [2.75, 3.05) is 6.54 Å². The fourth-order valence-electron chi connectivity index (χ4n) is 2.01. The normalized spacial score (nSPS) is 15.8. The van der Waals surface area contributed by atoms with Crippen molar-refractivity contribution in [2.45, 2.75) is 66.8 Å². The summed E-state index contributed by atoms with van der Waals surface area (Å²) in [6, 6.07) is 0. The zero-order chi connectivity index (χ0) is 14.7. The first-order valence-electron chi connectivity index (χ1n) is 7.28. The summed E-state index contributed by atoms with van der Waals surface area (Å²) in [7, 11) is 0. The van der Waals surface area contributed by atoms with Crippen molar-refractivity contribution in [3.63, 3.8) is 0 Å². The third-order valence-electron chi connectivity index (χ3n) is 4.18. The standard InChI is InChI=1S/C16H30N2S/c1-12(2)16(7,10-18-15(4,5)6)9-8-14-13(3)17-11-19-14/h11-12,18H,8-10H2,1-7H3. The molecule has 0 bridgehead atoms. The van der Waals surface area contributed by atoms with Crippen LogP contribution in [0.3, 0.4) is 0 Å². The van der Waals surface area contributed by atoms with Gasteiger partial charge < -0.3 is 5.32 Å². The quantitative estimate of drug-likeness (QED) is 0.834. The maximum Gasteiger partial charge on any atom is 0.0797 e. The SMILES string of the molecule is Cc1ncsc1CCC(C)(CNC(C)(C)C)C(C)C. The maximum absolute atomic E-state index is 4.35. The number of hydrogen-bond donors (Lipinski definition) is 1. The van der Waals surface area contributed by atoms with Gasteiger partial charge in [-0.2, -0.15) is 0 Å². The molecule has 0 radical (unpaired) electrons. The molecule has 0 saturated carbocycles. The largest absolute Gasteiger partial charge is 0.312 e.